The maximum atomic E-state index is 13.2. The van der Waals surface area contributed by atoms with Gasteiger partial charge in [0.15, 0.2) is 0 Å². The van der Waals surface area contributed by atoms with E-state index in [1.165, 1.54) is 30.3 Å². The molecule has 0 saturated carbocycles. The van der Waals surface area contributed by atoms with E-state index >= 15 is 0 Å². The molecule has 0 spiro atoms. The van der Waals surface area contributed by atoms with E-state index in [0.29, 0.717) is 18.8 Å². The Kier molecular flexibility index (Phi) is 5.66. The molecular weight excluding hydrogens is 346 g/mol. The quantitative estimate of drug-likeness (QED) is 0.868. The number of hydrogen-bond donors (Lipinski definition) is 1. The molecule has 3 rings (SSSR count). The molecule has 2 aromatic rings. The highest BCUT2D eigenvalue weighted by Gasteiger charge is 2.26. The fraction of sp³-hybridized carbons (Fsp3) is 0.316. The lowest BCUT2D eigenvalue weighted by atomic mass is 9.96. The normalized spacial score (nSPS) is 18.1. The van der Waals surface area contributed by atoms with Crippen molar-refractivity contribution in [1.82, 2.24) is 4.90 Å². The molecule has 1 atom stereocenters. The van der Waals surface area contributed by atoms with Crippen LogP contribution in [0.3, 0.4) is 0 Å². The lowest BCUT2D eigenvalue weighted by Gasteiger charge is -2.32. The van der Waals surface area contributed by atoms with Crippen molar-refractivity contribution in [3.8, 4) is 0 Å². The first-order valence-corrected chi connectivity index (χ1v) is 8.62. The largest absolute Gasteiger partial charge is 0.326 e. The van der Waals surface area contributed by atoms with Crippen molar-refractivity contribution in [3.05, 3.63) is 64.7 Å². The van der Waals surface area contributed by atoms with E-state index in [2.05, 4.69) is 10.2 Å². The minimum atomic E-state index is -0.511. The number of halogens is 3. The molecule has 0 radical (unpaired) electrons. The van der Waals surface area contributed by atoms with E-state index in [1.807, 2.05) is 0 Å². The average Bonchev–Trinajstić information content (AvgIpc) is 2.60. The second-order valence-electron chi connectivity index (χ2n) is 6.32. The fourth-order valence-electron chi connectivity index (χ4n) is 3.08. The van der Waals surface area contributed by atoms with E-state index in [9.17, 15) is 13.6 Å². The number of benzene rings is 2. The van der Waals surface area contributed by atoms with Gasteiger partial charge in [0.25, 0.3) is 0 Å². The summed E-state index contributed by atoms with van der Waals surface area (Å²) in [4.78, 5) is 14.7. The van der Waals surface area contributed by atoms with Crippen LogP contribution in [-0.4, -0.2) is 23.9 Å². The molecule has 0 unspecified atom stereocenters. The topological polar surface area (TPSA) is 32.3 Å². The summed E-state index contributed by atoms with van der Waals surface area (Å²) in [6, 6.07) is 10.6. The highest BCUT2D eigenvalue weighted by molar-refractivity contribution is 6.31. The van der Waals surface area contributed by atoms with Gasteiger partial charge < -0.3 is 5.32 Å². The average molecular weight is 365 g/mol. The molecule has 0 aromatic heterocycles. The second-order valence-corrected chi connectivity index (χ2v) is 6.73. The smallest absolute Gasteiger partial charge is 0.228 e. The summed E-state index contributed by atoms with van der Waals surface area (Å²) >= 11 is 5.75. The van der Waals surface area contributed by atoms with Crippen LogP contribution in [0.5, 0.6) is 0 Å². The van der Waals surface area contributed by atoms with Crippen molar-refractivity contribution in [3.63, 3.8) is 0 Å². The minimum Gasteiger partial charge on any atom is -0.326 e. The standard InChI is InChI=1S/C19H19ClF2N2O/c20-17-10-16(7-8-18(17)22)23-19(25)14-2-1-9-24(12-14)11-13-3-5-15(21)6-4-13/h3-8,10,14H,1-2,9,11-12H2,(H,23,25)/t14-/m1/s1. The molecule has 1 heterocycles. The molecule has 6 heteroatoms. The predicted molar refractivity (Wildman–Crippen MR) is 94.4 cm³/mol. The summed E-state index contributed by atoms with van der Waals surface area (Å²) in [6.07, 6.45) is 1.73. The van der Waals surface area contributed by atoms with Gasteiger partial charge in [0.05, 0.1) is 10.9 Å². The summed E-state index contributed by atoms with van der Waals surface area (Å²) in [5.41, 5.74) is 1.51. The Hall–Kier alpha value is -1.98. The zero-order chi connectivity index (χ0) is 17.8. The van der Waals surface area contributed by atoms with Gasteiger partial charge in [-0.2, -0.15) is 0 Å². The Morgan fingerprint density at radius 2 is 1.96 bits per heavy atom. The van der Waals surface area contributed by atoms with Crippen LogP contribution in [0.1, 0.15) is 18.4 Å². The molecule has 1 fully saturated rings. The maximum Gasteiger partial charge on any atom is 0.228 e. The van der Waals surface area contributed by atoms with E-state index in [4.69, 9.17) is 11.6 Å². The first-order valence-electron chi connectivity index (χ1n) is 8.24. The van der Waals surface area contributed by atoms with Crippen molar-refractivity contribution >= 4 is 23.2 Å². The summed E-state index contributed by atoms with van der Waals surface area (Å²) < 4.78 is 26.2. The van der Waals surface area contributed by atoms with Crippen LogP contribution in [0.15, 0.2) is 42.5 Å². The third-order valence-corrected chi connectivity index (χ3v) is 4.67. The SMILES string of the molecule is O=C(Nc1ccc(F)c(Cl)c1)[C@@H]1CCCN(Cc2ccc(F)cc2)C1. The Morgan fingerprint density at radius 1 is 1.20 bits per heavy atom. The fourth-order valence-corrected chi connectivity index (χ4v) is 3.26. The zero-order valence-electron chi connectivity index (χ0n) is 13.6. The van der Waals surface area contributed by atoms with Crippen LogP contribution in [0.2, 0.25) is 5.02 Å². The van der Waals surface area contributed by atoms with Gasteiger partial charge in [-0.3, -0.25) is 9.69 Å². The molecule has 1 amide bonds. The molecule has 25 heavy (non-hydrogen) atoms. The maximum absolute atomic E-state index is 13.2. The van der Waals surface area contributed by atoms with E-state index in [1.54, 1.807) is 12.1 Å². The minimum absolute atomic E-state index is 0.0145. The Bertz CT molecular complexity index is 752. The number of nitrogens with zero attached hydrogens (tertiary/aromatic N) is 1. The number of nitrogens with one attached hydrogen (secondary N) is 1. The summed E-state index contributed by atoms with van der Waals surface area (Å²) in [6.45, 7) is 2.23. The van der Waals surface area contributed by atoms with Crippen molar-refractivity contribution in [1.29, 1.82) is 0 Å². The molecule has 2 aromatic carbocycles. The van der Waals surface area contributed by atoms with Gasteiger partial charge in [-0.1, -0.05) is 23.7 Å². The number of rotatable bonds is 4. The van der Waals surface area contributed by atoms with Crippen LogP contribution in [-0.2, 0) is 11.3 Å². The third kappa shape index (κ3) is 4.77. The highest BCUT2D eigenvalue weighted by Crippen LogP contribution is 2.23. The lowest BCUT2D eigenvalue weighted by Crippen LogP contribution is -2.40. The Morgan fingerprint density at radius 3 is 2.68 bits per heavy atom. The van der Waals surface area contributed by atoms with Gasteiger partial charge in [-0.25, -0.2) is 8.78 Å². The van der Waals surface area contributed by atoms with Crippen molar-refractivity contribution < 1.29 is 13.6 Å². The number of carbonyl (C=O) groups is 1. The number of carbonyl (C=O) groups excluding carboxylic acids is 1. The monoisotopic (exact) mass is 364 g/mol. The van der Waals surface area contributed by atoms with Crippen LogP contribution in [0.25, 0.3) is 0 Å². The number of hydrogen-bond acceptors (Lipinski definition) is 2. The van der Waals surface area contributed by atoms with Gasteiger partial charge in [0.2, 0.25) is 5.91 Å². The Balaban J connectivity index is 1.59. The number of piperidine rings is 1. The number of anilines is 1. The third-order valence-electron chi connectivity index (χ3n) is 4.38. The van der Waals surface area contributed by atoms with Crippen molar-refractivity contribution in [2.75, 3.05) is 18.4 Å². The summed E-state index contributed by atoms with van der Waals surface area (Å²) in [7, 11) is 0. The van der Waals surface area contributed by atoms with Gasteiger partial charge >= 0.3 is 0 Å². The molecule has 0 aliphatic carbocycles. The lowest BCUT2D eigenvalue weighted by molar-refractivity contribution is -0.121. The molecule has 1 N–H and O–H groups in total. The van der Waals surface area contributed by atoms with E-state index in [-0.39, 0.29) is 22.7 Å². The summed E-state index contributed by atoms with van der Waals surface area (Å²) in [5.74, 6) is -0.995. The van der Waals surface area contributed by atoms with E-state index in [0.717, 1.165) is 24.9 Å². The first kappa shape index (κ1) is 17.8. The Labute approximate surface area is 150 Å². The molecular formula is C19H19ClF2N2O. The van der Waals surface area contributed by atoms with Crippen LogP contribution in [0.4, 0.5) is 14.5 Å². The highest BCUT2D eigenvalue weighted by atomic mass is 35.5. The van der Waals surface area contributed by atoms with E-state index < -0.39 is 5.82 Å². The zero-order valence-corrected chi connectivity index (χ0v) is 14.4. The molecule has 3 nitrogen and oxygen atoms in total. The van der Waals surface area contributed by atoms with Crippen molar-refractivity contribution in [2.24, 2.45) is 5.92 Å². The number of likely N-dealkylation sites (tertiary alicyclic amines) is 1. The van der Waals surface area contributed by atoms with Crippen LogP contribution >= 0.6 is 11.6 Å². The van der Waals surface area contributed by atoms with Gasteiger partial charge in [0.1, 0.15) is 11.6 Å². The first-order chi connectivity index (χ1) is 12.0. The van der Waals surface area contributed by atoms with Crippen LogP contribution in [0, 0.1) is 17.6 Å². The van der Waals surface area contributed by atoms with Crippen LogP contribution < -0.4 is 5.32 Å². The van der Waals surface area contributed by atoms with Gasteiger partial charge in [-0.15, -0.1) is 0 Å². The van der Waals surface area contributed by atoms with Crippen molar-refractivity contribution in [2.45, 2.75) is 19.4 Å². The second kappa shape index (κ2) is 7.93. The molecule has 0 bridgehead atoms. The number of amides is 1. The van der Waals surface area contributed by atoms with Gasteiger partial charge in [0, 0.05) is 18.8 Å². The molecule has 132 valence electrons. The molecule has 1 aliphatic heterocycles. The van der Waals surface area contributed by atoms with Gasteiger partial charge in [-0.05, 0) is 55.3 Å². The molecule has 1 saturated heterocycles. The predicted octanol–water partition coefficient (Wildman–Crippen LogP) is 4.47. The summed E-state index contributed by atoms with van der Waals surface area (Å²) in [5, 5.41) is 2.79. The molecule has 1 aliphatic rings.